The molecule has 0 spiro atoms. The van der Waals surface area contributed by atoms with Crippen molar-refractivity contribution in [1.82, 2.24) is 20.2 Å². The first kappa shape index (κ1) is 15.8. The molecule has 4 rings (SSSR count). The number of hydrogen-bond acceptors (Lipinski definition) is 5. The summed E-state index contributed by atoms with van der Waals surface area (Å²) < 4.78 is 6.61. The fourth-order valence-electron chi connectivity index (χ4n) is 3.40. The number of benzene rings is 1. The molecule has 7 heteroatoms. The molecule has 0 amide bonds. The van der Waals surface area contributed by atoms with E-state index in [0.717, 1.165) is 22.9 Å². The first-order chi connectivity index (χ1) is 11.5. The molecule has 3 aromatic rings. The summed E-state index contributed by atoms with van der Waals surface area (Å²) in [4.78, 5) is 22.4. The summed E-state index contributed by atoms with van der Waals surface area (Å²) in [5, 5.41) is 4.27. The van der Waals surface area contributed by atoms with Crippen LogP contribution >= 0.6 is 15.9 Å². The topological polar surface area (TPSA) is 74.2 Å². The summed E-state index contributed by atoms with van der Waals surface area (Å²) in [6.45, 7) is 6.87. The monoisotopic (exact) mass is 390 g/mol. The Labute approximate surface area is 147 Å². The standard InChI is InChI=1S/C17H19BrN4O2/c1-9-6-19-7-10(2)22(9)8-14-20-15-12-5-11(18)3-4-13(12)24-16(15)17(23)21-14/h3-5,9-10,19H,6-8H2,1-2H3,(H,20,21,23)/t9-,10+. The average molecular weight is 391 g/mol. The minimum atomic E-state index is -0.224. The zero-order chi connectivity index (χ0) is 16.8. The van der Waals surface area contributed by atoms with Gasteiger partial charge >= 0.3 is 0 Å². The molecule has 0 aliphatic carbocycles. The molecule has 1 aliphatic rings. The van der Waals surface area contributed by atoms with E-state index < -0.39 is 0 Å². The number of fused-ring (bicyclic) bond motifs is 3. The van der Waals surface area contributed by atoms with Crippen LogP contribution in [0.4, 0.5) is 0 Å². The van der Waals surface area contributed by atoms with Crippen LogP contribution in [0.3, 0.4) is 0 Å². The third kappa shape index (κ3) is 2.66. The molecule has 0 unspecified atom stereocenters. The van der Waals surface area contributed by atoms with E-state index in [0.29, 0.717) is 35.6 Å². The van der Waals surface area contributed by atoms with Gasteiger partial charge in [0.25, 0.3) is 5.56 Å². The summed E-state index contributed by atoms with van der Waals surface area (Å²) >= 11 is 3.46. The van der Waals surface area contributed by atoms with E-state index in [1.807, 2.05) is 18.2 Å². The third-order valence-electron chi connectivity index (χ3n) is 4.68. The maximum absolute atomic E-state index is 12.4. The van der Waals surface area contributed by atoms with Crippen molar-refractivity contribution in [3.8, 4) is 0 Å². The largest absolute Gasteiger partial charge is 0.449 e. The smallest absolute Gasteiger partial charge is 0.294 e. The van der Waals surface area contributed by atoms with Crippen LogP contribution in [-0.2, 0) is 6.54 Å². The summed E-state index contributed by atoms with van der Waals surface area (Å²) in [5.41, 5.74) is 1.36. The van der Waals surface area contributed by atoms with Crippen LogP contribution in [0, 0.1) is 0 Å². The Morgan fingerprint density at radius 3 is 2.83 bits per heavy atom. The number of aromatic amines is 1. The maximum Gasteiger partial charge on any atom is 0.294 e. The van der Waals surface area contributed by atoms with E-state index in [-0.39, 0.29) is 11.1 Å². The Morgan fingerprint density at radius 1 is 1.33 bits per heavy atom. The van der Waals surface area contributed by atoms with Gasteiger partial charge < -0.3 is 14.7 Å². The molecule has 2 N–H and O–H groups in total. The molecule has 126 valence electrons. The molecule has 2 aromatic heterocycles. The first-order valence-corrected chi connectivity index (χ1v) is 8.89. The summed E-state index contributed by atoms with van der Waals surface area (Å²) in [7, 11) is 0. The van der Waals surface area contributed by atoms with Crippen molar-refractivity contribution < 1.29 is 4.42 Å². The van der Waals surface area contributed by atoms with Crippen molar-refractivity contribution in [2.75, 3.05) is 13.1 Å². The Hall–Kier alpha value is -1.70. The average Bonchev–Trinajstić information content (AvgIpc) is 2.90. The Balaban J connectivity index is 1.80. The lowest BCUT2D eigenvalue weighted by atomic mass is 10.1. The van der Waals surface area contributed by atoms with Crippen molar-refractivity contribution in [2.24, 2.45) is 0 Å². The first-order valence-electron chi connectivity index (χ1n) is 8.10. The highest BCUT2D eigenvalue weighted by Crippen LogP contribution is 2.28. The molecule has 1 aliphatic heterocycles. The predicted molar refractivity (Wildman–Crippen MR) is 97.2 cm³/mol. The van der Waals surface area contributed by atoms with Gasteiger partial charge in [-0.05, 0) is 32.0 Å². The van der Waals surface area contributed by atoms with Gasteiger partial charge in [0.2, 0.25) is 5.58 Å². The third-order valence-corrected chi connectivity index (χ3v) is 5.17. The minimum absolute atomic E-state index is 0.224. The molecule has 0 radical (unpaired) electrons. The zero-order valence-corrected chi connectivity index (χ0v) is 15.2. The van der Waals surface area contributed by atoms with Gasteiger partial charge in [-0.1, -0.05) is 15.9 Å². The quantitative estimate of drug-likeness (QED) is 0.703. The van der Waals surface area contributed by atoms with E-state index >= 15 is 0 Å². The van der Waals surface area contributed by atoms with Gasteiger partial charge in [0.15, 0.2) is 0 Å². The number of furan rings is 1. The van der Waals surface area contributed by atoms with E-state index in [9.17, 15) is 4.79 Å². The molecule has 6 nitrogen and oxygen atoms in total. The number of nitrogens with one attached hydrogen (secondary N) is 2. The fourth-order valence-corrected chi connectivity index (χ4v) is 3.76. The number of nitrogens with zero attached hydrogens (tertiary/aromatic N) is 2. The highest BCUT2D eigenvalue weighted by Gasteiger charge is 2.25. The Morgan fingerprint density at radius 2 is 2.08 bits per heavy atom. The minimum Gasteiger partial charge on any atom is -0.449 e. The molecular formula is C17H19BrN4O2. The van der Waals surface area contributed by atoms with Gasteiger partial charge in [0, 0.05) is 35.0 Å². The van der Waals surface area contributed by atoms with Crippen LogP contribution < -0.4 is 10.9 Å². The van der Waals surface area contributed by atoms with Crippen molar-refractivity contribution >= 4 is 38.0 Å². The number of halogens is 1. The number of aromatic nitrogens is 2. The van der Waals surface area contributed by atoms with Gasteiger partial charge in [-0.15, -0.1) is 0 Å². The second kappa shape index (κ2) is 5.98. The van der Waals surface area contributed by atoms with E-state index in [2.05, 4.69) is 45.0 Å². The number of piperazine rings is 1. The molecule has 0 saturated carbocycles. The molecular weight excluding hydrogens is 372 g/mol. The second-order valence-corrected chi connectivity index (χ2v) is 7.38. The molecule has 1 fully saturated rings. The fraction of sp³-hybridized carbons (Fsp3) is 0.412. The highest BCUT2D eigenvalue weighted by molar-refractivity contribution is 9.10. The van der Waals surface area contributed by atoms with Crippen molar-refractivity contribution in [3.63, 3.8) is 0 Å². The summed E-state index contributed by atoms with van der Waals surface area (Å²) in [6.07, 6.45) is 0. The number of hydrogen-bond donors (Lipinski definition) is 2. The Kier molecular flexibility index (Phi) is 3.94. The van der Waals surface area contributed by atoms with Gasteiger partial charge in [-0.2, -0.15) is 0 Å². The lowest BCUT2D eigenvalue weighted by Gasteiger charge is -2.38. The lowest BCUT2D eigenvalue weighted by Crippen LogP contribution is -2.54. The number of rotatable bonds is 2. The van der Waals surface area contributed by atoms with Gasteiger partial charge in [-0.3, -0.25) is 9.69 Å². The van der Waals surface area contributed by atoms with E-state index in [1.54, 1.807) is 0 Å². The Bertz CT molecular complexity index is 954. The summed E-state index contributed by atoms with van der Waals surface area (Å²) in [5.74, 6) is 0.677. The normalized spacial score (nSPS) is 22.5. The van der Waals surface area contributed by atoms with Crippen LogP contribution in [0.2, 0.25) is 0 Å². The SMILES string of the molecule is C[C@@H]1CNC[C@H](C)N1Cc1nc2c(oc3ccc(Br)cc32)c(=O)[nH]1. The highest BCUT2D eigenvalue weighted by atomic mass is 79.9. The van der Waals surface area contributed by atoms with Crippen LogP contribution in [0.15, 0.2) is 31.9 Å². The summed E-state index contributed by atoms with van der Waals surface area (Å²) in [6, 6.07) is 6.47. The predicted octanol–water partition coefficient (Wildman–Crippen LogP) is 2.61. The molecule has 24 heavy (non-hydrogen) atoms. The molecule has 3 heterocycles. The van der Waals surface area contributed by atoms with Crippen LogP contribution in [-0.4, -0.2) is 40.0 Å². The molecule has 1 aromatic carbocycles. The lowest BCUT2D eigenvalue weighted by molar-refractivity contribution is 0.105. The second-order valence-electron chi connectivity index (χ2n) is 6.46. The maximum atomic E-state index is 12.4. The zero-order valence-electron chi connectivity index (χ0n) is 13.6. The van der Waals surface area contributed by atoms with E-state index in [1.165, 1.54) is 0 Å². The van der Waals surface area contributed by atoms with Crippen LogP contribution in [0.25, 0.3) is 22.1 Å². The van der Waals surface area contributed by atoms with E-state index in [4.69, 9.17) is 9.40 Å². The van der Waals surface area contributed by atoms with Crippen LogP contribution in [0.5, 0.6) is 0 Å². The molecule has 0 bridgehead atoms. The van der Waals surface area contributed by atoms with Gasteiger partial charge in [0.05, 0.1) is 6.54 Å². The van der Waals surface area contributed by atoms with Gasteiger partial charge in [0.1, 0.15) is 16.9 Å². The molecule has 2 atom stereocenters. The van der Waals surface area contributed by atoms with Crippen molar-refractivity contribution in [1.29, 1.82) is 0 Å². The van der Waals surface area contributed by atoms with Gasteiger partial charge in [-0.25, -0.2) is 4.98 Å². The van der Waals surface area contributed by atoms with Crippen LogP contribution in [0.1, 0.15) is 19.7 Å². The molecule has 1 saturated heterocycles. The van der Waals surface area contributed by atoms with Crippen molar-refractivity contribution in [2.45, 2.75) is 32.5 Å². The number of H-pyrrole nitrogens is 1. The van der Waals surface area contributed by atoms with Crippen molar-refractivity contribution in [3.05, 3.63) is 38.9 Å².